The van der Waals surface area contributed by atoms with E-state index in [2.05, 4.69) is 16.8 Å². The fourth-order valence-electron chi connectivity index (χ4n) is 0.611. The van der Waals surface area contributed by atoms with Gasteiger partial charge in [0, 0.05) is 6.20 Å². The van der Waals surface area contributed by atoms with Crippen molar-refractivity contribution in [3.8, 4) is 11.8 Å². The number of aromatic nitrogens is 1. The maximum absolute atomic E-state index is 12.6. The van der Waals surface area contributed by atoms with E-state index in [4.69, 9.17) is 0 Å². The molecule has 0 fully saturated rings. The first-order valence-corrected chi connectivity index (χ1v) is 2.87. The van der Waals surface area contributed by atoms with Crippen LogP contribution in [0.25, 0.3) is 0 Å². The highest BCUT2D eigenvalue weighted by Gasteiger charge is 1.94. The molecule has 0 aliphatic heterocycles. The van der Waals surface area contributed by atoms with Crippen LogP contribution in [0.15, 0.2) is 18.5 Å². The van der Waals surface area contributed by atoms with E-state index in [1.54, 1.807) is 13.0 Å². The van der Waals surface area contributed by atoms with Crippen LogP contribution in [-0.4, -0.2) is 4.98 Å². The highest BCUT2D eigenvalue weighted by atomic mass is 19.1. The average Bonchev–Trinajstić information content (AvgIpc) is 1.94. The van der Waals surface area contributed by atoms with Crippen LogP contribution >= 0.6 is 0 Å². The van der Waals surface area contributed by atoms with E-state index in [0.29, 0.717) is 5.56 Å². The predicted octanol–water partition coefficient (Wildman–Crippen LogP) is 1.59. The normalized spacial score (nSPS) is 8.20. The lowest BCUT2D eigenvalue weighted by Gasteiger charge is -1.88. The molecule has 0 aromatic carbocycles. The van der Waals surface area contributed by atoms with Gasteiger partial charge in [0.25, 0.3) is 0 Å². The van der Waals surface area contributed by atoms with Crippen LogP contribution in [-0.2, 0) is 0 Å². The maximum Gasteiger partial charge on any atom is 0.157 e. The van der Waals surface area contributed by atoms with Gasteiger partial charge in [-0.15, -0.1) is 5.92 Å². The van der Waals surface area contributed by atoms with Gasteiger partial charge in [0.05, 0.1) is 11.8 Å². The summed E-state index contributed by atoms with van der Waals surface area (Å²) < 4.78 is 12.6. The molecule has 2 heteroatoms. The van der Waals surface area contributed by atoms with Gasteiger partial charge in [-0.05, 0) is 13.0 Å². The summed E-state index contributed by atoms with van der Waals surface area (Å²) in [6.07, 6.45) is 2.67. The van der Waals surface area contributed by atoms with E-state index >= 15 is 0 Å². The van der Waals surface area contributed by atoms with Gasteiger partial charge in [0.2, 0.25) is 0 Å². The Hall–Kier alpha value is -1.36. The van der Waals surface area contributed by atoms with Crippen molar-refractivity contribution in [3.05, 3.63) is 29.8 Å². The first-order chi connectivity index (χ1) is 4.84. The summed E-state index contributed by atoms with van der Waals surface area (Å²) in [7, 11) is 0. The fourth-order valence-corrected chi connectivity index (χ4v) is 0.611. The lowest BCUT2D eigenvalue weighted by molar-refractivity contribution is 0.618. The summed E-state index contributed by atoms with van der Waals surface area (Å²) >= 11 is 0. The zero-order valence-corrected chi connectivity index (χ0v) is 5.56. The van der Waals surface area contributed by atoms with Crippen LogP contribution in [0, 0.1) is 17.7 Å². The fraction of sp³-hybridized carbons (Fsp3) is 0.125. The zero-order valence-electron chi connectivity index (χ0n) is 5.56. The van der Waals surface area contributed by atoms with Crippen molar-refractivity contribution < 1.29 is 4.39 Å². The molecule has 1 heterocycles. The molecule has 0 saturated heterocycles. The summed E-state index contributed by atoms with van der Waals surface area (Å²) in [6.45, 7) is 1.67. The summed E-state index contributed by atoms with van der Waals surface area (Å²) in [5.41, 5.74) is 0.400. The molecule has 1 aromatic rings. The smallest absolute Gasteiger partial charge is 0.157 e. The largest absolute Gasteiger partial charge is 0.262 e. The summed E-state index contributed by atoms with van der Waals surface area (Å²) in [5.74, 6) is 4.85. The lowest BCUT2D eigenvalue weighted by Crippen LogP contribution is -1.82. The van der Waals surface area contributed by atoms with Crippen LogP contribution in [0.1, 0.15) is 12.5 Å². The van der Waals surface area contributed by atoms with E-state index in [1.807, 2.05) is 0 Å². The number of pyridine rings is 1. The van der Waals surface area contributed by atoms with E-state index in [1.165, 1.54) is 6.20 Å². The third-order valence-electron chi connectivity index (χ3n) is 1.03. The number of halogens is 1. The molecule has 0 aliphatic rings. The molecule has 0 spiro atoms. The maximum atomic E-state index is 12.6. The highest BCUT2D eigenvalue weighted by Crippen LogP contribution is 2.00. The first kappa shape index (κ1) is 6.76. The van der Waals surface area contributed by atoms with Crippen molar-refractivity contribution in [2.45, 2.75) is 6.92 Å². The standard InChI is InChI=1S/C8H6FN/c1-2-3-7-4-5-10-6-8(7)9/h4-6H,1H3. The first-order valence-electron chi connectivity index (χ1n) is 2.87. The number of rotatable bonds is 0. The Morgan fingerprint density at radius 3 is 3.00 bits per heavy atom. The topological polar surface area (TPSA) is 12.9 Å². The van der Waals surface area contributed by atoms with Gasteiger partial charge >= 0.3 is 0 Å². The van der Waals surface area contributed by atoms with Crippen molar-refractivity contribution in [2.24, 2.45) is 0 Å². The van der Waals surface area contributed by atoms with Gasteiger partial charge in [0.15, 0.2) is 5.82 Å². The minimum atomic E-state index is -0.364. The van der Waals surface area contributed by atoms with Crippen molar-refractivity contribution >= 4 is 0 Å². The summed E-state index contributed by atoms with van der Waals surface area (Å²) in [4.78, 5) is 3.58. The molecule has 0 amide bonds. The molecule has 1 aromatic heterocycles. The van der Waals surface area contributed by atoms with Gasteiger partial charge in [-0.3, -0.25) is 4.98 Å². The second-order valence-electron chi connectivity index (χ2n) is 1.73. The van der Waals surface area contributed by atoms with Crippen LogP contribution in [0.3, 0.4) is 0 Å². The van der Waals surface area contributed by atoms with E-state index < -0.39 is 0 Å². The van der Waals surface area contributed by atoms with Gasteiger partial charge < -0.3 is 0 Å². The van der Waals surface area contributed by atoms with Crippen molar-refractivity contribution in [3.63, 3.8) is 0 Å². The number of hydrogen-bond acceptors (Lipinski definition) is 1. The Morgan fingerprint density at radius 2 is 2.40 bits per heavy atom. The molecule has 0 N–H and O–H groups in total. The third-order valence-corrected chi connectivity index (χ3v) is 1.03. The monoisotopic (exact) mass is 135 g/mol. The minimum Gasteiger partial charge on any atom is -0.262 e. The average molecular weight is 135 g/mol. The molecule has 0 unspecified atom stereocenters. The quantitative estimate of drug-likeness (QED) is 0.492. The molecule has 1 rings (SSSR count). The molecule has 10 heavy (non-hydrogen) atoms. The minimum absolute atomic E-state index is 0.364. The predicted molar refractivity (Wildman–Crippen MR) is 36.7 cm³/mol. The molecular weight excluding hydrogens is 129 g/mol. The van der Waals surface area contributed by atoms with Gasteiger partial charge in [-0.2, -0.15) is 0 Å². The molecule has 50 valence electrons. The second kappa shape index (κ2) is 2.98. The van der Waals surface area contributed by atoms with Crippen LogP contribution in [0.5, 0.6) is 0 Å². The summed E-state index contributed by atoms with van der Waals surface area (Å²) in [5, 5.41) is 0. The Kier molecular flexibility index (Phi) is 2.01. The third kappa shape index (κ3) is 1.32. The van der Waals surface area contributed by atoms with Crippen molar-refractivity contribution in [1.82, 2.24) is 4.98 Å². The highest BCUT2D eigenvalue weighted by molar-refractivity contribution is 5.32. The SMILES string of the molecule is CC#Cc1ccncc1F. The van der Waals surface area contributed by atoms with Crippen molar-refractivity contribution in [2.75, 3.05) is 0 Å². The molecular formula is C8H6FN. The Labute approximate surface area is 58.9 Å². The summed E-state index contributed by atoms with van der Waals surface area (Å²) in [6, 6.07) is 1.55. The molecule has 1 nitrogen and oxygen atoms in total. The number of hydrogen-bond donors (Lipinski definition) is 0. The van der Waals surface area contributed by atoms with Crippen molar-refractivity contribution in [1.29, 1.82) is 0 Å². The van der Waals surface area contributed by atoms with Crippen LogP contribution in [0.2, 0.25) is 0 Å². The zero-order chi connectivity index (χ0) is 7.40. The van der Waals surface area contributed by atoms with E-state index in [-0.39, 0.29) is 5.82 Å². The van der Waals surface area contributed by atoms with Gasteiger partial charge in [-0.25, -0.2) is 4.39 Å². The van der Waals surface area contributed by atoms with E-state index in [9.17, 15) is 4.39 Å². The molecule has 0 saturated carbocycles. The molecule has 0 atom stereocenters. The van der Waals surface area contributed by atoms with E-state index in [0.717, 1.165) is 6.20 Å². The van der Waals surface area contributed by atoms with Gasteiger partial charge in [-0.1, -0.05) is 5.92 Å². The molecule has 0 radical (unpaired) electrons. The molecule has 0 bridgehead atoms. The second-order valence-corrected chi connectivity index (χ2v) is 1.73. The lowest BCUT2D eigenvalue weighted by atomic mass is 10.3. The Bertz CT molecular complexity index is 283. The Morgan fingerprint density at radius 1 is 1.60 bits per heavy atom. The van der Waals surface area contributed by atoms with Crippen LogP contribution in [0.4, 0.5) is 4.39 Å². The van der Waals surface area contributed by atoms with Crippen LogP contribution < -0.4 is 0 Å². The number of nitrogens with zero attached hydrogens (tertiary/aromatic N) is 1. The molecule has 0 aliphatic carbocycles. The Balaban J connectivity index is 3.11. The van der Waals surface area contributed by atoms with Gasteiger partial charge in [0.1, 0.15) is 0 Å².